The molecule has 26 heavy (non-hydrogen) atoms. The molecular formula is C17H13Cl2N5O2. The Labute approximate surface area is 158 Å². The lowest BCUT2D eigenvalue weighted by atomic mass is 10.1. The Morgan fingerprint density at radius 2 is 2.19 bits per heavy atom. The minimum Gasteiger partial charge on any atom is -0.352 e. The number of nitriles is 1. The molecule has 2 aromatic heterocycles. The molecule has 0 saturated carbocycles. The van der Waals surface area contributed by atoms with E-state index in [-0.39, 0.29) is 35.6 Å². The van der Waals surface area contributed by atoms with Gasteiger partial charge in [-0.15, -0.1) is 0 Å². The lowest BCUT2D eigenvalue weighted by Crippen LogP contribution is -2.30. The Kier molecular flexibility index (Phi) is 4.98. The summed E-state index contributed by atoms with van der Waals surface area (Å²) >= 11 is 11.9. The molecule has 2 heterocycles. The van der Waals surface area contributed by atoms with Gasteiger partial charge in [-0.2, -0.15) is 5.26 Å². The largest absolute Gasteiger partial charge is 0.352 e. The van der Waals surface area contributed by atoms with Crippen molar-refractivity contribution < 1.29 is 4.79 Å². The first-order valence-electron chi connectivity index (χ1n) is 7.61. The number of rotatable bonds is 4. The van der Waals surface area contributed by atoms with Crippen LogP contribution in [0.3, 0.4) is 0 Å². The van der Waals surface area contributed by atoms with Crippen LogP contribution in [0.1, 0.15) is 22.4 Å². The molecule has 0 aliphatic carbocycles. The fraction of sp³-hybridized carbons (Fsp3) is 0.176. The van der Waals surface area contributed by atoms with Crippen molar-refractivity contribution in [2.45, 2.75) is 19.9 Å². The second-order valence-corrected chi connectivity index (χ2v) is 6.47. The molecule has 0 atom stereocenters. The van der Waals surface area contributed by atoms with Gasteiger partial charge in [-0.1, -0.05) is 29.3 Å². The van der Waals surface area contributed by atoms with Crippen molar-refractivity contribution in [3.05, 3.63) is 67.2 Å². The van der Waals surface area contributed by atoms with Gasteiger partial charge in [0.05, 0.1) is 6.42 Å². The lowest BCUT2D eigenvalue weighted by Gasteiger charge is -2.09. The third-order valence-electron chi connectivity index (χ3n) is 3.91. The van der Waals surface area contributed by atoms with Crippen LogP contribution in [-0.4, -0.2) is 20.5 Å². The number of hydrogen-bond acceptors (Lipinski definition) is 4. The van der Waals surface area contributed by atoms with Crippen molar-refractivity contribution in [2.24, 2.45) is 0 Å². The number of carbonyl (C=O) groups is 1. The van der Waals surface area contributed by atoms with Crippen molar-refractivity contribution >= 4 is 34.8 Å². The van der Waals surface area contributed by atoms with E-state index in [9.17, 15) is 9.59 Å². The predicted molar refractivity (Wildman–Crippen MR) is 97.3 cm³/mol. The number of aromatic amines is 1. The summed E-state index contributed by atoms with van der Waals surface area (Å²) in [4.78, 5) is 29.0. The quantitative estimate of drug-likeness (QED) is 0.714. The minimum absolute atomic E-state index is 0.132. The van der Waals surface area contributed by atoms with Crippen LogP contribution in [0.15, 0.2) is 29.2 Å². The zero-order valence-corrected chi connectivity index (χ0v) is 15.1. The number of aryl methyl sites for hydroxylation is 1. The molecule has 0 bridgehead atoms. The summed E-state index contributed by atoms with van der Waals surface area (Å²) in [5.74, 6) is -0.343. The summed E-state index contributed by atoms with van der Waals surface area (Å²) < 4.78 is 1.16. The number of amides is 1. The second kappa shape index (κ2) is 7.20. The van der Waals surface area contributed by atoms with Crippen molar-refractivity contribution in [3.8, 4) is 6.07 Å². The van der Waals surface area contributed by atoms with Gasteiger partial charge in [0, 0.05) is 34.0 Å². The minimum atomic E-state index is -0.409. The van der Waals surface area contributed by atoms with Gasteiger partial charge in [0.15, 0.2) is 5.65 Å². The van der Waals surface area contributed by atoms with Gasteiger partial charge in [0.25, 0.3) is 5.56 Å². The number of hydrogen-bond donors (Lipinski definition) is 2. The highest BCUT2D eigenvalue weighted by molar-refractivity contribution is 6.35. The van der Waals surface area contributed by atoms with Crippen molar-refractivity contribution in [1.29, 1.82) is 5.26 Å². The van der Waals surface area contributed by atoms with Crippen LogP contribution in [-0.2, 0) is 17.8 Å². The molecular weight excluding hydrogens is 377 g/mol. The monoisotopic (exact) mass is 389 g/mol. The predicted octanol–water partition coefficient (Wildman–Crippen LogP) is 2.37. The van der Waals surface area contributed by atoms with Crippen LogP contribution in [0.4, 0.5) is 0 Å². The lowest BCUT2D eigenvalue weighted by molar-refractivity contribution is -0.120. The zero-order chi connectivity index (χ0) is 18.8. The average molecular weight is 390 g/mol. The van der Waals surface area contributed by atoms with E-state index in [1.807, 2.05) is 6.07 Å². The summed E-state index contributed by atoms with van der Waals surface area (Å²) in [5, 5.41) is 15.4. The third kappa shape index (κ3) is 3.43. The molecule has 0 unspecified atom stereocenters. The van der Waals surface area contributed by atoms with Gasteiger partial charge in [-0.05, 0) is 24.6 Å². The Morgan fingerprint density at radius 1 is 1.42 bits per heavy atom. The Hall–Kier alpha value is -2.82. The first-order chi connectivity index (χ1) is 12.4. The van der Waals surface area contributed by atoms with E-state index in [2.05, 4.69) is 15.4 Å². The van der Waals surface area contributed by atoms with E-state index < -0.39 is 5.56 Å². The van der Waals surface area contributed by atoms with Crippen LogP contribution in [0.2, 0.25) is 10.0 Å². The third-order valence-corrected chi connectivity index (χ3v) is 4.50. The standard InChI is InChI=1S/C17H13Cl2N5O2/c1-9-13(17(26)24-16(23-9)11(6-20)8-22-24)5-15(25)21-7-10-2-3-12(18)4-14(10)19/h2-4,8,22H,5,7H2,1H3,(H,21,25). The topological polar surface area (TPSA) is 103 Å². The number of nitrogens with zero attached hydrogens (tertiary/aromatic N) is 3. The molecule has 0 radical (unpaired) electrons. The molecule has 3 rings (SSSR count). The molecule has 0 saturated heterocycles. The summed E-state index contributed by atoms with van der Waals surface area (Å²) in [5.41, 5.74) is 1.48. The highest BCUT2D eigenvalue weighted by Crippen LogP contribution is 2.20. The van der Waals surface area contributed by atoms with E-state index >= 15 is 0 Å². The van der Waals surface area contributed by atoms with Gasteiger partial charge in [-0.3, -0.25) is 14.7 Å². The number of fused-ring (bicyclic) bond motifs is 1. The first kappa shape index (κ1) is 18.0. The van der Waals surface area contributed by atoms with Gasteiger partial charge < -0.3 is 5.32 Å². The summed E-state index contributed by atoms with van der Waals surface area (Å²) in [6, 6.07) is 6.96. The number of benzene rings is 1. The molecule has 9 heteroatoms. The molecule has 0 spiro atoms. The Bertz CT molecular complexity index is 1110. The van der Waals surface area contributed by atoms with Gasteiger partial charge in [0.2, 0.25) is 5.91 Å². The molecule has 132 valence electrons. The van der Waals surface area contributed by atoms with E-state index in [0.717, 1.165) is 10.1 Å². The zero-order valence-electron chi connectivity index (χ0n) is 13.6. The van der Waals surface area contributed by atoms with E-state index in [1.54, 1.807) is 25.1 Å². The van der Waals surface area contributed by atoms with Crippen LogP contribution in [0.5, 0.6) is 0 Å². The number of aromatic nitrogens is 3. The first-order valence-corrected chi connectivity index (χ1v) is 8.36. The normalized spacial score (nSPS) is 10.7. The van der Waals surface area contributed by atoms with E-state index in [1.165, 1.54) is 6.20 Å². The Balaban J connectivity index is 1.79. The fourth-order valence-corrected chi connectivity index (χ4v) is 3.00. The molecule has 0 fully saturated rings. The van der Waals surface area contributed by atoms with Crippen molar-refractivity contribution in [2.75, 3.05) is 0 Å². The van der Waals surface area contributed by atoms with Crippen LogP contribution >= 0.6 is 23.2 Å². The van der Waals surface area contributed by atoms with E-state index in [0.29, 0.717) is 15.7 Å². The maximum absolute atomic E-state index is 12.5. The molecule has 1 aromatic carbocycles. The Morgan fingerprint density at radius 3 is 2.88 bits per heavy atom. The van der Waals surface area contributed by atoms with Gasteiger partial charge in [0.1, 0.15) is 11.6 Å². The number of H-pyrrole nitrogens is 1. The van der Waals surface area contributed by atoms with Crippen molar-refractivity contribution in [1.82, 2.24) is 19.9 Å². The average Bonchev–Trinajstić information content (AvgIpc) is 3.00. The van der Waals surface area contributed by atoms with Crippen LogP contribution in [0.25, 0.3) is 5.65 Å². The highest BCUT2D eigenvalue weighted by Gasteiger charge is 2.16. The molecule has 7 nitrogen and oxygen atoms in total. The van der Waals surface area contributed by atoms with E-state index in [4.69, 9.17) is 28.5 Å². The maximum atomic E-state index is 12.5. The number of halogens is 2. The molecule has 2 N–H and O–H groups in total. The highest BCUT2D eigenvalue weighted by atomic mass is 35.5. The smallest absolute Gasteiger partial charge is 0.276 e. The van der Waals surface area contributed by atoms with Gasteiger partial charge in [-0.25, -0.2) is 9.50 Å². The van der Waals surface area contributed by atoms with Gasteiger partial charge >= 0.3 is 0 Å². The molecule has 1 amide bonds. The molecule has 0 aliphatic rings. The second-order valence-electron chi connectivity index (χ2n) is 5.63. The molecule has 0 aliphatic heterocycles. The SMILES string of the molecule is Cc1nc2c(C#N)c[nH]n2c(=O)c1CC(=O)NCc1ccc(Cl)cc1Cl. The summed E-state index contributed by atoms with van der Waals surface area (Å²) in [6.45, 7) is 1.85. The van der Waals surface area contributed by atoms with Crippen LogP contribution in [0, 0.1) is 18.3 Å². The van der Waals surface area contributed by atoms with Crippen molar-refractivity contribution in [3.63, 3.8) is 0 Å². The fourth-order valence-electron chi connectivity index (χ4n) is 2.52. The maximum Gasteiger partial charge on any atom is 0.276 e. The summed E-state index contributed by atoms with van der Waals surface area (Å²) in [6.07, 6.45) is 1.27. The number of nitrogens with one attached hydrogen (secondary N) is 2. The number of carbonyl (C=O) groups excluding carboxylic acids is 1. The molecule has 3 aromatic rings. The van der Waals surface area contributed by atoms with Crippen LogP contribution < -0.4 is 10.9 Å². The summed E-state index contributed by atoms with van der Waals surface area (Å²) in [7, 11) is 0.